The first-order chi connectivity index (χ1) is 2.73. The van der Waals surface area contributed by atoms with Crippen LogP contribution in [0.1, 0.15) is 13.8 Å². The fourth-order valence-corrected chi connectivity index (χ4v) is 0. The summed E-state index contributed by atoms with van der Waals surface area (Å²) in [7, 11) is 0. The summed E-state index contributed by atoms with van der Waals surface area (Å²) in [5.74, 6) is 0. The minimum Gasteiger partial charge on any atom is -0.284 e. The molecule has 0 rings (SSSR count). The maximum Gasteiger partial charge on any atom is 0.299 e. The average Bonchev–Trinajstić information content (AvgIpc) is 1.41. The van der Waals surface area contributed by atoms with Crippen molar-refractivity contribution in [2.45, 2.75) is 13.8 Å². The highest BCUT2D eigenvalue weighted by Crippen LogP contribution is 1.44. The molecule has 2 N–H and O–H groups in total. The van der Waals surface area contributed by atoms with E-state index >= 15 is 0 Å². The van der Waals surface area contributed by atoms with Gasteiger partial charge in [-0.1, -0.05) is 13.8 Å². The molecule has 0 aromatic carbocycles. The van der Waals surface area contributed by atoms with Crippen LogP contribution < -0.4 is 0 Å². The molecule has 0 aliphatic carbocycles. The zero-order valence-corrected chi connectivity index (χ0v) is 4.53. The molecular formula is C2H8O3S. The van der Waals surface area contributed by atoms with Gasteiger partial charge in [0.1, 0.15) is 0 Å². The summed E-state index contributed by atoms with van der Waals surface area (Å²) in [4.78, 5) is 0. The lowest BCUT2D eigenvalue weighted by atomic mass is 11.0. The molecule has 0 unspecified atom stereocenters. The largest absolute Gasteiger partial charge is 0.299 e. The molecule has 0 heterocycles. The number of hydrogen-bond acceptors (Lipinski definition) is 1. The number of hydrogen-bond donors (Lipinski definition) is 2. The second kappa shape index (κ2) is 8.91. The summed E-state index contributed by atoms with van der Waals surface area (Å²) in [5, 5.41) is 0. The van der Waals surface area contributed by atoms with E-state index in [1.807, 2.05) is 13.8 Å². The van der Waals surface area contributed by atoms with Crippen LogP contribution in [0.15, 0.2) is 0 Å². The van der Waals surface area contributed by atoms with Crippen LogP contribution in [0.3, 0.4) is 0 Å². The van der Waals surface area contributed by atoms with E-state index in [-0.39, 0.29) is 0 Å². The molecule has 0 saturated carbocycles. The van der Waals surface area contributed by atoms with Crippen molar-refractivity contribution in [2.24, 2.45) is 0 Å². The Hall–Kier alpha value is 0.0700. The summed E-state index contributed by atoms with van der Waals surface area (Å²) in [6, 6.07) is 0. The summed E-state index contributed by atoms with van der Waals surface area (Å²) >= 11 is -2.61. The highest BCUT2D eigenvalue weighted by Gasteiger charge is 1.62. The van der Waals surface area contributed by atoms with Gasteiger partial charge in [0.05, 0.1) is 0 Å². The minimum absolute atomic E-state index is 2.00. The van der Waals surface area contributed by atoms with E-state index in [0.717, 1.165) is 0 Å². The van der Waals surface area contributed by atoms with Gasteiger partial charge < -0.3 is 0 Å². The van der Waals surface area contributed by atoms with E-state index in [2.05, 4.69) is 0 Å². The minimum atomic E-state index is -2.61. The molecule has 0 aliphatic rings. The molecular weight excluding hydrogens is 104 g/mol. The van der Waals surface area contributed by atoms with Crippen molar-refractivity contribution in [1.29, 1.82) is 0 Å². The highest BCUT2D eigenvalue weighted by atomic mass is 32.2. The van der Waals surface area contributed by atoms with E-state index in [1.165, 1.54) is 0 Å². The standard InChI is InChI=1S/C2H6.H2O3S/c1-2;1-4(2)3/h1-2H3;(H2,1,2,3). The normalized spacial score (nSPS) is 6.83. The zero-order valence-electron chi connectivity index (χ0n) is 3.71. The van der Waals surface area contributed by atoms with Crippen LogP contribution in [0, 0.1) is 0 Å². The summed E-state index contributed by atoms with van der Waals surface area (Å²) < 4.78 is 22.8. The van der Waals surface area contributed by atoms with Crippen LogP contribution in [-0.2, 0) is 11.4 Å². The molecule has 3 nitrogen and oxygen atoms in total. The number of rotatable bonds is 0. The Balaban J connectivity index is 0. The third kappa shape index (κ3) is 7830. The second-order valence-corrected chi connectivity index (χ2v) is 0.692. The van der Waals surface area contributed by atoms with Gasteiger partial charge in [-0.3, -0.25) is 9.11 Å². The van der Waals surface area contributed by atoms with Gasteiger partial charge in [-0.05, 0) is 0 Å². The van der Waals surface area contributed by atoms with E-state index in [9.17, 15) is 0 Å². The van der Waals surface area contributed by atoms with Crippen molar-refractivity contribution < 1.29 is 13.3 Å². The molecule has 4 heteroatoms. The van der Waals surface area contributed by atoms with Crippen LogP contribution >= 0.6 is 0 Å². The van der Waals surface area contributed by atoms with E-state index < -0.39 is 11.4 Å². The molecule has 6 heavy (non-hydrogen) atoms. The Morgan fingerprint density at radius 1 is 1.33 bits per heavy atom. The molecule has 0 saturated heterocycles. The lowest BCUT2D eigenvalue weighted by molar-refractivity contribution is 0.454. The van der Waals surface area contributed by atoms with Crippen LogP contribution in [-0.4, -0.2) is 13.3 Å². The Kier molecular flexibility index (Phi) is 14.0. The zero-order chi connectivity index (χ0) is 5.58. The third-order valence-corrected chi connectivity index (χ3v) is 0. The fourth-order valence-electron chi connectivity index (χ4n) is 0. The Morgan fingerprint density at radius 3 is 1.33 bits per heavy atom. The predicted octanol–water partition coefficient (Wildman–Crippen LogP) is 0.707. The van der Waals surface area contributed by atoms with Gasteiger partial charge in [0.15, 0.2) is 0 Å². The maximum absolute atomic E-state index is 8.67. The Bertz CT molecular complexity index is 31.8. The second-order valence-electron chi connectivity index (χ2n) is 0.231. The van der Waals surface area contributed by atoms with Crippen molar-refractivity contribution in [2.75, 3.05) is 0 Å². The van der Waals surface area contributed by atoms with Gasteiger partial charge in [-0.25, -0.2) is 0 Å². The van der Waals surface area contributed by atoms with Crippen molar-refractivity contribution >= 4 is 11.4 Å². The lowest BCUT2D eigenvalue weighted by Crippen LogP contribution is -1.74. The van der Waals surface area contributed by atoms with Gasteiger partial charge in [0.25, 0.3) is 11.4 Å². The average molecular weight is 112 g/mol. The molecule has 0 bridgehead atoms. The van der Waals surface area contributed by atoms with E-state index in [1.54, 1.807) is 0 Å². The molecule has 0 amide bonds. The smallest absolute Gasteiger partial charge is 0.284 e. The first-order valence-corrected chi connectivity index (χ1v) is 2.60. The molecule has 0 radical (unpaired) electrons. The Morgan fingerprint density at radius 2 is 1.33 bits per heavy atom. The van der Waals surface area contributed by atoms with Crippen LogP contribution in [0.5, 0.6) is 0 Å². The molecule has 0 aromatic rings. The third-order valence-electron chi connectivity index (χ3n) is 0. The molecule has 0 aromatic heterocycles. The van der Waals surface area contributed by atoms with E-state index in [0.29, 0.717) is 0 Å². The van der Waals surface area contributed by atoms with Crippen molar-refractivity contribution in [3.63, 3.8) is 0 Å². The molecule has 0 atom stereocenters. The SMILES string of the molecule is CC.O=S(O)O. The first-order valence-electron chi connectivity index (χ1n) is 1.53. The van der Waals surface area contributed by atoms with Gasteiger partial charge in [0.2, 0.25) is 0 Å². The maximum atomic E-state index is 8.67. The topological polar surface area (TPSA) is 57.5 Å². The van der Waals surface area contributed by atoms with Gasteiger partial charge >= 0.3 is 0 Å². The molecule has 0 fully saturated rings. The van der Waals surface area contributed by atoms with E-state index in [4.69, 9.17) is 13.3 Å². The monoisotopic (exact) mass is 112 g/mol. The fraction of sp³-hybridized carbons (Fsp3) is 1.00. The predicted molar refractivity (Wildman–Crippen MR) is 24.7 cm³/mol. The van der Waals surface area contributed by atoms with Crippen molar-refractivity contribution in [3.8, 4) is 0 Å². The van der Waals surface area contributed by atoms with Crippen LogP contribution in [0.2, 0.25) is 0 Å². The van der Waals surface area contributed by atoms with Crippen LogP contribution in [0.25, 0.3) is 0 Å². The van der Waals surface area contributed by atoms with Crippen molar-refractivity contribution in [3.05, 3.63) is 0 Å². The van der Waals surface area contributed by atoms with Gasteiger partial charge in [-0.15, -0.1) is 0 Å². The van der Waals surface area contributed by atoms with Crippen LogP contribution in [0.4, 0.5) is 0 Å². The lowest BCUT2D eigenvalue weighted by Gasteiger charge is -1.59. The molecule has 40 valence electrons. The highest BCUT2D eigenvalue weighted by molar-refractivity contribution is 7.73. The summed E-state index contributed by atoms with van der Waals surface area (Å²) in [6.07, 6.45) is 0. The molecule has 0 spiro atoms. The summed E-state index contributed by atoms with van der Waals surface area (Å²) in [5.41, 5.74) is 0. The van der Waals surface area contributed by atoms with Gasteiger partial charge in [0, 0.05) is 0 Å². The quantitative estimate of drug-likeness (QED) is 0.454. The van der Waals surface area contributed by atoms with Crippen molar-refractivity contribution in [1.82, 2.24) is 0 Å². The first kappa shape index (κ1) is 9.42. The Labute approximate surface area is 39.5 Å². The molecule has 0 aliphatic heterocycles. The van der Waals surface area contributed by atoms with Gasteiger partial charge in [-0.2, -0.15) is 4.21 Å². The summed E-state index contributed by atoms with van der Waals surface area (Å²) in [6.45, 7) is 4.00.